The highest BCUT2D eigenvalue weighted by Gasteiger charge is 2.14. The maximum atomic E-state index is 11.4. The molecule has 1 aromatic rings. The second kappa shape index (κ2) is 7.63. The van der Waals surface area contributed by atoms with Crippen molar-refractivity contribution >= 4 is 10.0 Å². The summed E-state index contributed by atoms with van der Waals surface area (Å²) in [5, 5.41) is 22.4. The molecule has 0 fully saturated rings. The Balaban J connectivity index is 2.47. The molecule has 0 aliphatic heterocycles. The van der Waals surface area contributed by atoms with E-state index in [4.69, 9.17) is 0 Å². The third kappa shape index (κ3) is 5.53. The molecule has 0 aliphatic carbocycles. The summed E-state index contributed by atoms with van der Waals surface area (Å²) < 4.78 is 24.3. The first-order valence-corrected chi connectivity index (χ1v) is 8.81. The lowest BCUT2D eigenvalue weighted by molar-refractivity contribution is 0.409. The first kappa shape index (κ1) is 17.7. The summed E-state index contributed by atoms with van der Waals surface area (Å²) in [5.41, 5.74) is 0.616. The van der Waals surface area contributed by atoms with Crippen LogP contribution in [-0.4, -0.2) is 48.8 Å². The molecule has 0 heterocycles. The van der Waals surface area contributed by atoms with Crippen molar-refractivity contribution in [2.45, 2.75) is 26.3 Å². The van der Waals surface area contributed by atoms with Crippen LogP contribution in [0.25, 0.3) is 0 Å². The van der Waals surface area contributed by atoms with E-state index >= 15 is 0 Å². The Hall–Kier alpha value is -1.31. The molecular formula is C14H24N2O4S. The van der Waals surface area contributed by atoms with E-state index in [1.807, 2.05) is 13.8 Å². The van der Waals surface area contributed by atoms with E-state index < -0.39 is 10.0 Å². The third-order valence-electron chi connectivity index (χ3n) is 3.33. The van der Waals surface area contributed by atoms with Crippen molar-refractivity contribution in [1.29, 1.82) is 0 Å². The minimum absolute atomic E-state index is 0.102. The van der Waals surface area contributed by atoms with Gasteiger partial charge >= 0.3 is 0 Å². The van der Waals surface area contributed by atoms with Crippen LogP contribution in [0.4, 0.5) is 0 Å². The molecule has 1 atom stereocenters. The molecule has 0 amide bonds. The van der Waals surface area contributed by atoms with Gasteiger partial charge in [-0.15, -0.1) is 0 Å². The molecule has 0 radical (unpaired) electrons. The zero-order valence-corrected chi connectivity index (χ0v) is 13.5. The third-order valence-corrected chi connectivity index (χ3v) is 4.71. The number of sulfonamides is 1. The minimum Gasteiger partial charge on any atom is -0.508 e. The van der Waals surface area contributed by atoms with Crippen LogP contribution >= 0.6 is 0 Å². The van der Waals surface area contributed by atoms with Gasteiger partial charge in [0.05, 0.1) is 6.26 Å². The number of aromatic hydroxyl groups is 2. The molecule has 3 N–H and O–H groups in total. The Labute approximate surface area is 126 Å². The topological polar surface area (TPSA) is 89.9 Å². The highest BCUT2D eigenvalue weighted by Crippen LogP contribution is 2.27. The summed E-state index contributed by atoms with van der Waals surface area (Å²) in [6.45, 7) is 5.22. The first-order chi connectivity index (χ1) is 9.75. The molecule has 1 unspecified atom stereocenters. The molecular weight excluding hydrogens is 292 g/mol. The fourth-order valence-electron chi connectivity index (χ4n) is 2.13. The molecule has 6 nitrogen and oxygen atoms in total. The Morgan fingerprint density at radius 1 is 1.33 bits per heavy atom. The average molecular weight is 316 g/mol. The van der Waals surface area contributed by atoms with Crippen molar-refractivity contribution in [3.63, 3.8) is 0 Å². The van der Waals surface area contributed by atoms with Crippen molar-refractivity contribution in [2.75, 3.05) is 25.9 Å². The molecule has 0 aromatic heterocycles. The number of phenolic OH excluding ortho intramolecular Hbond substituents is 2. The van der Waals surface area contributed by atoms with Gasteiger partial charge in [-0.3, -0.25) is 0 Å². The molecule has 120 valence electrons. The Morgan fingerprint density at radius 2 is 2.00 bits per heavy atom. The zero-order chi connectivity index (χ0) is 16.0. The lowest BCUT2D eigenvalue weighted by atomic mass is 10.1. The molecule has 0 saturated heterocycles. The van der Waals surface area contributed by atoms with Gasteiger partial charge in [-0.1, -0.05) is 6.92 Å². The van der Waals surface area contributed by atoms with E-state index in [2.05, 4.69) is 5.32 Å². The summed E-state index contributed by atoms with van der Waals surface area (Å²) in [5.74, 6) is 0.227. The second-order valence-electron chi connectivity index (χ2n) is 5.03. The predicted octanol–water partition coefficient (Wildman–Crippen LogP) is 1.42. The zero-order valence-electron chi connectivity index (χ0n) is 12.7. The highest BCUT2D eigenvalue weighted by molar-refractivity contribution is 7.88. The van der Waals surface area contributed by atoms with Crippen molar-refractivity contribution < 1.29 is 18.6 Å². The van der Waals surface area contributed by atoms with Gasteiger partial charge in [0.25, 0.3) is 0 Å². The number of nitrogens with one attached hydrogen (secondary N) is 1. The monoisotopic (exact) mass is 316 g/mol. The predicted molar refractivity (Wildman–Crippen MR) is 82.9 cm³/mol. The number of hydrogen-bond acceptors (Lipinski definition) is 5. The Morgan fingerprint density at radius 3 is 2.57 bits per heavy atom. The fraction of sp³-hybridized carbons (Fsp3) is 0.571. The number of hydrogen-bond donors (Lipinski definition) is 3. The summed E-state index contributed by atoms with van der Waals surface area (Å²) in [4.78, 5) is 0. The maximum absolute atomic E-state index is 11.4. The van der Waals surface area contributed by atoms with Crippen molar-refractivity contribution in [3.8, 4) is 11.5 Å². The smallest absolute Gasteiger partial charge is 0.211 e. The summed E-state index contributed by atoms with van der Waals surface area (Å²) in [7, 11) is -3.15. The van der Waals surface area contributed by atoms with Crippen LogP contribution in [0.5, 0.6) is 11.5 Å². The van der Waals surface area contributed by atoms with Gasteiger partial charge in [0.2, 0.25) is 10.0 Å². The largest absolute Gasteiger partial charge is 0.508 e. The highest BCUT2D eigenvalue weighted by atomic mass is 32.2. The van der Waals surface area contributed by atoms with Gasteiger partial charge in [-0.05, 0) is 38.1 Å². The molecule has 0 saturated carbocycles. The van der Waals surface area contributed by atoms with Crippen LogP contribution in [0.15, 0.2) is 18.2 Å². The quantitative estimate of drug-likeness (QED) is 0.498. The average Bonchev–Trinajstić information content (AvgIpc) is 2.39. The maximum Gasteiger partial charge on any atom is 0.211 e. The number of nitrogens with zero attached hydrogens (tertiary/aromatic N) is 1. The van der Waals surface area contributed by atoms with Crippen LogP contribution in [-0.2, 0) is 10.0 Å². The van der Waals surface area contributed by atoms with Crippen LogP contribution in [0.3, 0.4) is 0 Å². The Bertz CT molecular complexity index is 560. The standard InChI is InChI=1S/C14H24N2O4S/c1-4-16(21(3,19)20)9-5-8-15-11(2)13-10-12(17)6-7-14(13)18/h6-7,10-11,15,17-18H,4-5,8-9H2,1-3H3. The lowest BCUT2D eigenvalue weighted by Gasteiger charge is -2.19. The van der Waals surface area contributed by atoms with Crippen molar-refractivity contribution in [2.24, 2.45) is 0 Å². The molecule has 0 aliphatic rings. The van der Waals surface area contributed by atoms with Crippen molar-refractivity contribution in [1.82, 2.24) is 9.62 Å². The van der Waals surface area contributed by atoms with E-state index in [0.29, 0.717) is 31.6 Å². The summed E-state index contributed by atoms with van der Waals surface area (Å²) in [6, 6.07) is 4.26. The molecule has 7 heteroatoms. The van der Waals surface area contributed by atoms with Crippen LogP contribution in [0.1, 0.15) is 31.9 Å². The molecule has 0 bridgehead atoms. The summed E-state index contributed by atoms with van der Waals surface area (Å²) >= 11 is 0. The van der Waals surface area contributed by atoms with E-state index in [-0.39, 0.29) is 17.5 Å². The van der Waals surface area contributed by atoms with Gasteiger partial charge < -0.3 is 15.5 Å². The first-order valence-electron chi connectivity index (χ1n) is 6.96. The fourth-order valence-corrected chi connectivity index (χ4v) is 3.06. The van der Waals surface area contributed by atoms with E-state index in [9.17, 15) is 18.6 Å². The SMILES string of the molecule is CCN(CCCNC(C)c1cc(O)ccc1O)S(C)(=O)=O. The van der Waals surface area contributed by atoms with Crippen LogP contribution in [0.2, 0.25) is 0 Å². The molecule has 1 rings (SSSR count). The van der Waals surface area contributed by atoms with Crippen LogP contribution in [0, 0.1) is 0 Å². The Kier molecular flexibility index (Phi) is 6.44. The minimum atomic E-state index is -3.15. The van der Waals surface area contributed by atoms with Gasteiger partial charge in [0.1, 0.15) is 11.5 Å². The normalized spacial score (nSPS) is 13.5. The van der Waals surface area contributed by atoms with E-state index in [1.165, 1.54) is 28.8 Å². The van der Waals surface area contributed by atoms with E-state index in [1.54, 1.807) is 0 Å². The second-order valence-corrected chi connectivity index (χ2v) is 7.01. The number of benzene rings is 1. The van der Waals surface area contributed by atoms with Crippen molar-refractivity contribution in [3.05, 3.63) is 23.8 Å². The number of phenols is 2. The van der Waals surface area contributed by atoms with Gasteiger partial charge in [0.15, 0.2) is 0 Å². The summed E-state index contributed by atoms with van der Waals surface area (Å²) in [6.07, 6.45) is 1.88. The van der Waals surface area contributed by atoms with Gasteiger partial charge in [-0.2, -0.15) is 0 Å². The van der Waals surface area contributed by atoms with Gasteiger partial charge in [-0.25, -0.2) is 12.7 Å². The molecule has 1 aromatic carbocycles. The molecule has 21 heavy (non-hydrogen) atoms. The van der Waals surface area contributed by atoms with Crippen LogP contribution < -0.4 is 5.32 Å². The van der Waals surface area contributed by atoms with Gasteiger partial charge in [0, 0.05) is 24.7 Å². The molecule has 0 spiro atoms. The number of rotatable bonds is 8. The lowest BCUT2D eigenvalue weighted by Crippen LogP contribution is -2.32. The van der Waals surface area contributed by atoms with E-state index in [0.717, 1.165) is 0 Å².